The zero-order valence-corrected chi connectivity index (χ0v) is 15.5. The second kappa shape index (κ2) is 7.46. The molecule has 0 bridgehead atoms. The number of rotatable bonds is 4. The van der Waals surface area contributed by atoms with Crippen LogP contribution in [0.1, 0.15) is 36.7 Å². The molecule has 2 amide bonds. The smallest absolute Gasteiger partial charge is 0.227 e. The van der Waals surface area contributed by atoms with Crippen LogP contribution in [0.15, 0.2) is 30.7 Å². The number of hydrogen-bond acceptors (Lipinski definition) is 5. The highest BCUT2D eigenvalue weighted by Gasteiger charge is 2.38. The summed E-state index contributed by atoms with van der Waals surface area (Å²) in [5.74, 6) is 1.22. The minimum absolute atomic E-state index is 0.0352. The molecule has 0 saturated carbocycles. The van der Waals surface area contributed by atoms with E-state index in [4.69, 9.17) is 0 Å². The topological polar surface area (TPSA) is 84.2 Å². The Kier molecular flexibility index (Phi) is 4.87. The third-order valence-electron chi connectivity index (χ3n) is 5.56. The molecule has 0 N–H and O–H groups in total. The van der Waals surface area contributed by atoms with Gasteiger partial charge in [-0.3, -0.25) is 14.6 Å². The van der Waals surface area contributed by atoms with Crippen molar-refractivity contribution in [3.63, 3.8) is 0 Å². The standard InChI is InChI=1S/C19H24N6O2/c1-23-13-21-22-18(23)14-5-8-24(9-6-14)19(27)15-10-17(26)25(11-15)12-16-4-2-3-7-20-16/h2-4,7,13-15H,5-6,8-12H2,1H3/t15-/m0/s1. The van der Waals surface area contributed by atoms with E-state index in [1.165, 1.54) is 0 Å². The van der Waals surface area contributed by atoms with Crippen molar-refractivity contribution in [1.82, 2.24) is 29.5 Å². The number of amides is 2. The van der Waals surface area contributed by atoms with Crippen LogP contribution in [0.4, 0.5) is 0 Å². The van der Waals surface area contributed by atoms with Crippen molar-refractivity contribution < 1.29 is 9.59 Å². The molecule has 2 saturated heterocycles. The Morgan fingerprint density at radius 2 is 2.07 bits per heavy atom. The summed E-state index contributed by atoms with van der Waals surface area (Å²) in [5, 5.41) is 8.15. The summed E-state index contributed by atoms with van der Waals surface area (Å²) in [6.45, 7) is 2.37. The zero-order valence-electron chi connectivity index (χ0n) is 15.5. The molecule has 0 aliphatic carbocycles. The number of aromatic nitrogens is 4. The molecule has 0 spiro atoms. The fraction of sp³-hybridized carbons (Fsp3) is 0.526. The van der Waals surface area contributed by atoms with Crippen LogP contribution in [0.25, 0.3) is 0 Å². The molecule has 0 radical (unpaired) electrons. The van der Waals surface area contributed by atoms with Crippen LogP contribution >= 0.6 is 0 Å². The van der Waals surface area contributed by atoms with E-state index in [-0.39, 0.29) is 17.7 Å². The van der Waals surface area contributed by atoms with Crippen molar-refractivity contribution in [3.05, 3.63) is 42.2 Å². The Balaban J connectivity index is 1.33. The van der Waals surface area contributed by atoms with Crippen molar-refractivity contribution >= 4 is 11.8 Å². The summed E-state index contributed by atoms with van der Waals surface area (Å²) in [7, 11) is 1.95. The van der Waals surface area contributed by atoms with Gasteiger partial charge in [0.2, 0.25) is 11.8 Å². The maximum atomic E-state index is 12.9. The summed E-state index contributed by atoms with van der Waals surface area (Å²) >= 11 is 0. The normalized spacial score (nSPS) is 21.1. The first kappa shape index (κ1) is 17.6. The summed E-state index contributed by atoms with van der Waals surface area (Å²) < 4.78 is 1.95. The average Bonchev–Trinajstić information content (AvgIpc) is 3.28. The molecule has 2 aliphatic heterocycles. The minimum Gasteiger partial charge on any atom is -0.342 e. The second-order valence-corrected chi connectivity index (χ2v) is 7.40. The average molecular weight is 368 g/mol. The fourth-order valence-electron chi connectivity index (χ4n) is 4.06. The maximum absolute atomic E-state index is 12.9. The molecule has 2 aromatic heterocycles. The van der Waals surface area contributed by atoms with Crippen LogP contribution in [0.2, 0.25) is 0 Å². The number of piperidine rings is 1. The van der Waals surface area contributed by atoms with Gasteiger partial charge < -0.3 is 14.4 Å². The van der Waals surface area contributed by atoms with E-state index in [0.29, 0.717) is 38.5 Å². The van der Waals surface area contributed by atoms with Crippen LogP contribution in [-0.4, -0.2) is 61.0 Å². The third kappa shape index (κ3) is 3.70. The van der Waals surface area contributed by atoms with E-state index < -0.39 is 0 Å². The molecule has 0 unspecified atom stereocenters. The lowest BCUT2D eigenvalue weighted by Gasteiger charge is -2.33. The lowest BCUT2D eigenvalue weighted by Crippen LogP contribution is -2.42. The Morgan fingerprint density at radius 1 is 1.26 bits per heavy atom. The number of carbonyl (C=O) groups is 2. The summed E-state index contributed by atoms with van der Waals surface area (Å²) in [6.07, 6.45) is 5.51. The highest BCUT2D eigenvalue weighted by atomic mass is 16.2. The molecule has 2 aromatic rings. The molecule has 4 rings (SSSR count). The quantitative estimate of drug-likeness (QED) is 0.803. The van der Waals surface area contributed by atoms with Crippen LogP contribution in [0, 0.1) is 5.92 Å². The van der Waals surface area contributed by atoms with Gasteiger partial charge in [0.1, 0.15) is 12.2 Å². The van der Waals surface area contributed by atoms with Gasteiger partial charge in [0.15, 0.2) is 0 Å². The van der Waals surface area contributed by atoms with Gasteiger partial charge in [-0.05, 0) is 25.0 Å². The molecule has 27 heavy (non-hydrogen) atoms. The molecule has 4 heterocycles. The number of carbonyl (C=O) groups excluding carboxylic acids is 2. The molecular weight excluding hydrogens is 344 g/mol. The SMILES string of the molecule is Cn1cnnc1C1CCN(C(=O)[C@H]2CC(=O)N(Cc3ccccn3)C2)CC1. The van der Waals surface area contributed by atoms with E-state index in [1.807, 2.05) is 34.7 Å². The van der Waals surface area contributed by atoms with Gasteiger partial charge in [0, 0.05) is 45.2 Å². The van der Waals surface area contributed by atoms with Crippen molar-refractivity contribution in [1.29, 1.82) is 0 Å². The molecule has 142 valence electrons. The van der Waals surface area contributed by atoms with Crippen molar-refractivity contribution in [3.8, 4) is 0 Å². The van der Waals surface area contributed by atoms with E-state index in [1.54, 1.807) is 17.4 Å². The number of pyridine rings is 1. The van der Waals surface area contributed by atoms with Gasteiger partial charge in [-0.2, -0.15) is 0 Å². The van der Waals surface area contributed by atoms with Gasteiger partial charge in [0.05, 0.1) is 18.2 Å². The Morgan fingerprint density at radius 3 is 2.74 bits per heavy atom. The lowest BCUT2D eigenvalue weighted by atomic mass is 9.94. The molecule has 0 aromatic carbocycles. The summed E-state index contributed by atoms with van der Waals surface area (Å²) in [5.41, 5.74) is 0.850. The lowest BCUT2D eigenvalue weighted by molar-refractivity contribution is -0.136. The summed E-state index contributed by atoms with van der Waals surface area (Å²) in [4.78, 5) is 33.2. The predicted octanol–water partition coefficient (Wildman–Crippen LogP) is 0.965. The molecule has 2 aliphatic rings. The number of hydrogen-bond donors (Lipinski definition) is 0. The van der Waals surface area contributed by atoms with Crippen LogP contribution < -0.4 is 0 Å². The number of nitrogens with zero attached hydrogens (tertiary/aromatic N) is 6. The first-order valence-electron chi connectivity index (χ1n) is 9.42. The Labute approximate surface area is 158 Å². The molecule has 8 nitrogen and oxygen atoms in total. The van der Waals surface area contributed by atoms with Crippen molar-refractivity contribution in [2.24, 2.45) is 13.0 Å². The van der Waals surface area contributed by atoms with E-state index in [9.17, 15) is 9.59 Å². The number of likely N-dealkylation sites (tertiary alicyclic amines) is 2. The van der Waals surface area contributed by atoms with E-state index in [0.717, 1.165) is 24.4 Å². The van der Waals surface area contributed by atoms with E-state index in [2.05, 4.69) is 15.2 Å². The van der Waals surface area contributed by atoms with Crippen LogP contribution in [0.3, 0.4) is 0 Å². The molecule has 8 heteroatoms. The minimum atomic E-state index is -0.243. The third-order valence-corrected chi connectivity index (χ3v) is 5.56. The van der Waals surface area contributed by atoms with Gasteiger partial charge in [-0.25, -0.2) is 0 Å². The van der Waals surface area contributed by atoms with E-state index >= 15 is 0 Å². The van der Waals surface area contributed by atoms with Gasteiger partial charge >= 0.3 is 0 Å². The molecule has 2 fully saturated rings. The number of aryl methyl sites for hydroxylation is 1. The summed E-state index contributed by atoms with van der Waals surface area (Å²) in [6, 6.07) is 5.67. The van der Waals surface area contributed by atoms with Crippen molar-refractivity contribution in [2.45, 2.75) is 31.7 Å². The van der Waals surface area contributed by atoms with Crippen LogP contribution in [0.5, 0.6) is 0 Å². The zero-order chi connectivity index (χ0) is 18.8. The molecule has 1 atom stereocenters. The predicted molar refractivity (Wildman–Crippen MR) is 97.3 cm³/mol. The van der Waals surface area contributed by atoms with Gasteiger partial charge in [-0.15, -0.1) is 10.2 Å². The first-order chi connectivity index (χ1) is 13.1. The fourth-order valence-corrected chi connectivity index (χ4v) is 4.06. The van der Waals surface area contributed by atoms with Gasteiger partial charge in [0.25, 0.3) is 0 Å². The van der Waals surface area contributed by atoms with Crippen molar-refractivity contribution in [2.75, 3.05) is 19.6 Å². The Bertz CT molecular complexity index is 813. The second-order valence-electron chi connectivity index (χ2n) is 7.40. The largest absolute Gasteiger partial charge is 0.342 e. The Hall–Kier alpha value is -2.77. The highest BCUT2D eigenvalue weighted by Crippen LogP contribution is 2.29. The first-order valence-corrected chi connectivity index (χ1v) is 9.42. The van der Waals surface area contributed by atoms with Gasteiger partial charge in [-0.1, -0.05) is 6.07 Å². The highest BCUT2D eigenvalue weighted by molar-refractivity contribution is 5.89. The monoisotopic (exact) mass is 368 g/mol. The maximum Gasteiger partial charge on any atom is 0.227 e. The van der Waals surface area contributed by atoms with Crippen LogP contribution in [-0.2, 0) is 23.2 Å². The molecular formula is C19H24N6O2.